The number of halogens is 3. The summed E-state index contributed by atoms with van der Waals surface area (Å²) in [5.41, 5.74) is 0.839. The Balaban J connectivity index is 1.54. The number of nitrogens with zero attached hydrogens (tertiary/aromatic N) is 4. The first kappa shape index (κ1) is 26.7. The molecule has 0 spiro atoms. The normalized spacial score (nSPS) is 13.7. The molecule has 3 aromatic rings. The third-order valence-electron chi connectivity index (χ3n) is 5.96. The highest BCUT2D eigenvalue weighted by Crippen LogP contribution is 2.29. The molecule has 1 saturated heterocycles. The van der Waals surface area contributed by atoms with Crippen molar-refractivity contribution in [2.45, 2.75) is 18.9 Å². The van der Waals surface area contributed by atoms with Crippen LogP contribution in [0.4, 0.5) is 24.5 Å². The number of aromatic nitrogens is 2. The second kappa shape index (κ2) is 11.4. The van der Waals surface area contributed by atoms with E-state index in [4.69, 9.17) is 9.47 Å². The Bertz CT molecular complexity index is 1350. The fourth-order valence-corrected chi connectivity index (χ4v) is 4.05. The lowest BCUT2D eigenvalue weighted by Crippen LogP contribution is -2.39. The third kappa shape index (κ3) is 5.96. The molecule has 200 valence electrons. The molecule has 1 fully saturated rings. The number of hydrogen-bond acceptors (Lipinski definition) is 7. The maximum atomic E-state index is 14.0. The molecule has 2 amide bonds. The van der Waals surface area contributed by atoms with Gasteiger partial charge in [0.15, 0.2) is 17.3 Å². The van der Waals surface area contributed by atoms with Gasteiger partial charge in [-0.25, -0.2) is 23.1 Å². The van der Waals surface area contributed by atoms with E-state index in [-0.39, 0.29) is 40.6 Å². The first-order valence-corrected chi connectivity index (χ1v) is 11.8. The molecule has 1 aliphatic rings. The summed E-state index contributed by atoms with van der Waals surface area (Å²) < 4.78 is 51.7. The lowest BCUT2D eigenvalue weighted by Gasteiger charge is -2.34. The summed E-state index contributed by atoms with van der Waals surface area (Å²) in [6.07, 6.45) is 2.95. The molecule has 3 heterocycles. The lowest BCUT2D eigenvalue weighted by molar-refractivity contribution is 0.0822. The zero-order valence-corrected chi connectivity index (χ0v) is 21.0. The highest BCUT2D eigenvalue weighted by atomic mass is 19.1. The molecule has 4 rings (SSSR count). The lowest BCUT2D eigenvalue weighted by atomic mass is 10.1. The number of nitrogens with one attached hydrogen (secondary N) is 1. The van der Waals surface area contributed by atoms with Crippen LogP contribution in [-0.2, 0) is 0 Å². The van der Waals surface area contributed by atoms with Crippen LogP contribution in [0.2, 0.25) is 0 Å². The maximum Gasteiger partial charge on any atom is 0.274 e. The second-order valence-electron chi connectivity index (χ2n) is 8.83. The van der Waals surface area contributed by atoms with Gasteiger partial charge in [0, 0.05) is 46.1 Å². The molecule has 0 radical (unpaired) electrons. The Morgan fingerprint density at radius 2 is 1.76 bits per heavy atom. The molecule has 1 aromatic carbocycles. The van der Waals surface area contributed by atoms with Gasteiger partial charge in [0.05, 0.1) is 30.9 Å². The van der Waals surface area contributed by atoms with Crippen LogP contribution in [-0.4, -0.2) is 67.1 Å². The van der Waals surface area contributed by atoms with Gasteiger partial charge in [0.25, 0.3) is 11.8 Å². The van der Waals surface area contributed by atoms with Crippen molar-refractivity contribution in [2.24, 2.45) is 0 Å². The number of pyridine rings is 2. The Labute approximate surface area is 217 Å². The first-order chi connectivity index (χ1) is 18.2. The van der Waals surface area contributed by atoms with Gasteiger partial charge in [-0.3, -0.25) is 9.59 Å². The quantitative estimate of drug-likeness (QED) is 0.496. The molecule has 9 nitrogen and oxygen atoms in total. The van der Waals surface area contributed by atoms with Gasteiger partial charge in [-0.2, -0.15) is 0 Å². The van der Waals surface area contributed by atoms with Gasteiger partial charge in [0.1, 0.15) is 23.3 Å². The fourth-order valence-electron chi connectivity index (χ4n) is 4.05. The van der Waals surface area contributed by atoms with Crippen LogP contribution < -0.4 is 19.7 Å². The van der Waals surface area contributed by atoms with Crippen LogP contribution in [0.15, 0.2) is 42.7 Å². The molecule has 0 atom stereocenters. The van der Waals surface area contributed by atoms with Crippen LogP contribution in [0.1, 0.15) is 33.7 Å². The van der Waals surface area contributed by atoms with Crippen LogP contribution in [0.25, 0.3) is 0 Å². The van der Waals surface area contributed by atoms with E-state index in [9.17, 15) is 22.8 Å². The van der Waals surface area contributed by atoms with E-state index in [1.54, 1.807) is 20.2 Å². The maximum absolute atomic E-state index is 14.0. The third-order valence-corrected chi connectivity index (χ3v) is 5.96. The molecular formula is C26H26F3N5O4. The molecule has 1 aliphatic heterocycles. The van der Waals surface area contributed by atoms with E-state index in [2.05, 4.69) is 15.3 Å². The molecular weight excluding hydrogens is 503 g/mol. The Morgan fingerprint density at radius 3 is 2.42 bits per heavy atom. The number of hydrogen-bond donors (Lipinski definition) is 1. The summed E-state index contributed by atoms with van der Waals surface area (Å²) in [5.74, 6) is -3.23. The van der Waals surface area contributed by atoms with Gasteiger partial charge >= 0.3 is 0 Å². The van der Waals surface area contributed by atoms with E-state index in [1.807, 2.05) is 4.90 Å². The van der Waals surface area contributed by atoms with E-state index in [0.29, 0.717) is 31.6 Å². The summed E-state index contributed by atoms with van der Waals surface area (Å²) in [7, 11) is 4.52. The Hall–Kier alpha value is -4.35. The summed E-state index contributed by atoms with van der Waals surface area (Å²) in [4.78, 5) is 37.1. The average molecular weight is 530 g/mol. The van der Waals surface area contributed by atoms with Crippen molar-refractivity contribution in [3.63, 3.8) is 0 Å². The molecule has 0 bridgehead atoms. The van der Waals surface area contributed by atoms with Gasteiger partial charge in [0.2, 0.25) is 5.88 Å². The minimum atomic E-state index is -0.774. The predicted molar refractivity (Wildman–Crippen MR) is 133 cm³/mol. The number of ether oxygens (including phenoxy) is 2. The van der Waals surface area contributed by atoms with E-state index in [0.717, 1.165) is 24.4 Å². The van der Waals surface area contributed by atoms with Crippen LogP contribution in [0.3, 0.4) is 0 Å². The SMILES string of the molecule is COc1ncc(F)cc1C(=O)Nc1cnc(C(=O)N(C)C)c(N2CCC(Oc3ccc(F)cc3F)CC2)c1. The molecule has 0 aliphatic carbocycles. The first-order valence-electron chi connectivity index (χ1n) is 11.8. The largest absolute Gasteiger partial charge is 0.487 e. The summed E-state index contributed by atoms with van der Waals surface area (Å²) in [6.45, 7) is 0.893. The van der Waals surface area contributed by atoms with Gasteiger partial charge in [-0.15, -0.1) is 0 Å². The van der Waals surface area contributed by atoms with E-state index in [1.165, 1.54) is 24.3 Å². The molecule has 38 heavy (non-hydrogen) atoms. The molecule has 2 aromatic heterocycles. The van der Waals surface area contributed by atoms with Crippen molar-refractivity contribution in [1.29, 1.82) is 0 Å². The van der Waals surface area contributed by atoms with Crippen molar-refractivity contribution in [3.8, 4) is 11.6 Å². The number of carbonyl (C=O) groups is 2. The average Bonchev–Trinajstić information content (AvgIpc) is 2.90. The number of benzene rings is 1. The number of amides is 2. The minimum Gasteiger partial charge on any atom is -0.487 e. The molecule has 1 N–H and O–H groups in total. The number of carbonyl (C=O) groups excluding carboxylic acids is 2. The van der Waals surface area contributed by atoms with Gasteiger partial charge < -0.3 is 24.6 Å². The Morgan fingerprint density at radius 1 is 1.03 bits per heavy atom. The van der Waals surface area contributed by atoms with Gasteiger partial charge in [-0.05, 0) is 24.3 Å². The fraction of sp³-hybridized carbons (Fsp3) is 0.308. The van der Waals surface area contributed by atoms with Crippen molar-refractivity contribution in [3.05, 3.63) is 71.4 Å². The second-order valence-corrected chi connectivity index (χ2v) is 8.83. The molecule has 0 saturated carbocycles. The predicted octanol–water partition coefficient (Wildman–Crippen LogP) is 3.90. The van der Waals surface area contributed by atoms with Gasteiger partial charge in [-0.1, -0.05) is 0 Å². The summed E-state index contributed by atoms with van der Waals surface area (Å²) >= 11 is 0. The van der Waals surface area contributed by atoms with Crippen LogP contribution in [0, 0.1) is 17.5 Å². The molecule has 12 heteroatoms. The van der Waals surface area contributed by atoms with Crippen molar-refractivity contribution in [2.75, 3.05) is 44.5 Å². The summed E-state index contributed by atoms with van der Waals surface area (Å²) in [5, 5.41) is 2.65. The smallest absolute Gasteiger partial charge is 0.274 e. The van der Waals surface area contributed by atoms with Crippen LogP contribution >= 0.6 is 0 Å². The number of anilines is 2. The molecule has 0 unspecified atom stereocenters. The van der Waals surface area contributed by atoms with E-state index >= 15 is 0 Å². The van der Waals surface area contributed by atoms with E-state index < -0.39 is 23.4 Å². The summed E-state index contributed by atoms with van der Waals surface area (Å²) in [6, 6.07) is 5.78. The Kier molecular flexibility index (Phi) is 7.99. The number of methoxy groups -OCH3 is 1. The number of piperidine rings is 1. The van der Waals surface area contributed by atoms with Crippen LogP contribution in [0.5, 0.6) is 11.6 Å². The minimum absolute atomic E-state index is 0.0260. The monoisotopic (exact) mass is 529 g/mol. The topological polar surface area (TPSA) is 96.9 Å². The van der Waals surface area contributed by atoms with Crippen molar-refractivity contribution >= 4 is 23.2 Å². The van der Waals surface area contributed by atoms with Crippen molar-refractivity contribution < 1.29 is 32.2 Å². The zero-order chi connectivity index (χ0) is 27.4. The highest BCUT2D eigenvalue weighted by Gasteiger charge is 2.27. The zero-order valence-electron chi connectivity index (χ0n) is 21.0. The number of rotatable bonds is 7. The standard InChI is InChI=1S/C26H26F3N5O4/c1-33(2)26(36)23-21(34-8-6-18(7-9-34)38-22-5-4-15(27)11-20(22)29)12-17(14-30-23)32-24(35)19-10-16(28)13-31-25(19)37-3/h4-5,10-14,18H,6-9H2,1-3H3,(H,32,35). The van der Waals surface area contributed by atoms with Crippen molar-refractivity contribution in [1.82, 2.24) is 14.9 Å². The highest BCUT2D eigenvalue weighted by molar-refractivity contribution is 6.06.